The number of aryl methyl sites for hydroxylation is 1. The topological polar surface area (TPSA) is 35.5 Å². The maximum Gasteiger partial charge on any atom is 0.337 e. The van der Waals surface area contributed by atoms with Gasteiger partial charge in [0, 0.05) is 10.9 Å². The highest BCUT2D eigenvalue weighted by atomic mass is 79.9. The number of carbonyl (C=O) groups excluding carboxylic acids is 1. The van der Waals surface area contributed by atoms with Crippen molar-refractivity contribution in [2.24, 2.45) is 0 Å². The molecule has 1 rings (SSSR count). The minimum absolute atomic E-state index is 0.369. The lowest BCUT2D eigenvalue weighted by Gasteiger charge is -2.08. The zero-order valence-electron chi connectivity index (χ0n) is 10.1. The molecule has 0 heterocycles. The molecule has 0 bridgehead atoms. The highest BCUT2D eigenvalue weighted by Gasteiger charge is 2.12. The van der Waals surface area contributed by atoms with Gasteiger partial charge in [-0.15, -0.1) is 0 Å². The fourth-order valence-corrected chi connectivity index (χ4v) is 1.88. The molecule has 1 aromatic rings. The SMILES string of the molecule is CO/C=C(\Cc1cc(Br)ccc1C)C(=O)OC. The standard InChI is InChI=1S/C13H15BrO3/c1-9-4-5-12(14)7-10(9)6-11(8-16-2)13(15)17-3/h4-5,7-8H,6H2,1-3H3/b11-8+. The normalized spacial score (nSPS) is 11.2. The molecule has 0 amide bonds. The molecule has 0 atom stereocenters. The van der Waals surface area contributed by atoms with Crippen molar-refractivity contribution in [2.45, 2.75) is 13.3 Å². The number of ether oxygens (including phenoxy) is 2. The van der Waals surface area contributed by atoms with Gasteiger partial charge in [0.2, 0.25) is 0 Å². The Morgan fingerprint density at radius 1 is 1.41 bits per heavy atom. The molecule has 3 nitrogen and oxygen atoms in total. The van der Waals surface area contributed by atoms with E-state index in [1.807, 2.05) is 25.1 Å². The highest BCUT2D eigenvalue weighted by molar-refractivity contribution is 9.10. The van der Waals surface area contributed by atoms with Gasteiger partial charge in [0.1, 0.15) is 0 Å². The lowest BCUT2D eigenvalue weighted by molar-refractivity contribution is -0.136. The molecule has 0 aliphatic rings. The summed E-state index contributed by atoms with van der Waals surface area (Å²) in [6.45, 7) is 2.00. The van der Waals surface area contributed by atoms with Crippen LogP contribution in [0.4, 0.5) is 0 Å². The summed E-state index contributed by atoms with van der Waals surface area (Å²) in [6, 6.07) is 5.96. The second-order valence-electron chi connectivity index (χ2n) is 3.62. The molecule has 0 fully saturated rings. The van der Waals surface area contributed by atoms with Gasteiger partial charge in [0.15, 0.2) is 0 Å². The number of benzene rings is 1. The molecule has 0 N–H and O–H groups in total. The number of rotatable bonds is 4. The van der Waals surface area contributed by atoms with Crippen LogP contribution in [-0.2, 0) is 20.7 Å². The monoisotopic (exact) mass is 298 g/mol. The van der Waals surface area contributed by atoms with E-state index in [1.165, 1.54) is 20.5 Å². The van der Waals surface area contributed by atoms with Gasteiger partial charge in [-0.3, -0.25) is 0 Å². The minimum atomic E-state index is -0.369. The van der Waals surface area contributed by atoms with Crippen LogP contribution >= 0.6 is 15.9 Å². The molecule has 4 heteroatoms. The molecular weight excluding hydrogens is 284 g/mol. The van der Waals surface area contributed by atoms with Gasteiger partial charge in [-0.1, -0.05) is 22.0 Å². The third kappa shape index (κ3) is 3.89. The van der Waals surface area contributed by atoms with Gasteiger partial charge in [0.25, 0.3) is 0 Å². The Morgan fingerprint density at radius 3 is 2.71 bits per heavy atom. The van der Waals surface area contributed by atoms with Crippen molar-refractivity contribution in [3.63, 3.8) is 0 Å². The molecule has 17 heavy (non-hydrogen) atoms. The molecule has 0 unspecified atom stereocenters. The molecule has 0 saturated heterocycles. The average molecular weight is 299 g/mol. The Balaban J connectivity index is 2.97. The van der Waals surface area contributed by atoms with Crippen molar-refractivity contribution in [1.29, 1.82) is 0 Å². The first-order valence-electron chi connectivity index (χ1n) is 5.13. The Morgan fingerprint density at radius 2 is 2.12 bits per heavy atom. The van der Waals surface area contributed by atoms with Crippen LogP contribution in [0, 0.1) is 6.92 Å². The molecule has 0 aromatic heterocycles. The zero-order valence-corrected chi connectivity index (χ0v) is 11.7. The van der Waals surface area contributed by atoms with Crippen LogP contribution in [0.1, 0.15) is 11.1 Å². The first kappa shape index (κ1) is 13.8. The van der Waals surface area contributed by atoms with E-state index in [0.29, 0.717) is 12.0 Å². The summed E-state index contributed by atoms with van der Waals surface area (Å²) >= 11 is 3.41. The van der Waals surface area contributed by atoms with E-state index in [4.69, 9.17) is 9.47 Å². The summed E-state index contributed by atoms with van der Waals surface area (Å²) in [7, 11) is 2.87. The Bertz CT molecular complexity index is 438. The molecule has 0 spiro atoms. The number of esters is 1. The Kier molecular flexibility index (Phi) is 5.22. The van der Waals surface area contributed by atoms with Crippen molar-refractivity contribution in [1.82, 2.24) is 0 Å². The van der Waals surface area contributed by atoms with Crippen LogP contribution in [-0.4, -0.2) is 20.2 Å². The van der Waals surface area contributed by atoms with Gasteiger partial charge in [-0.05, 0) is 30.2 Å². The predicted molar refractivity (Wildman–Crippen MR) is 69.7 cm³/mol. The fourth-order valence-electron chi connectivity index (χ4n) is 1.47. The van der Waals surface area contributed by atoms with Crippen LogP contribution in [0.2, 0.25) is 0 Å². The summed E-state index contributed by atoms with van der Waals surface area (Å²) in [5, 5.41) is 0. The van der Waals surface area contributed by atoms with E-state index in [0.717, 1.165) is 15.6 Å². The lowest BCUT2D eigenvalue weighted by Crippen LogP contribution is -2.08. The van der Waals surface area contributed by atoms with Crippen LogP contribution in [0.3, 0.4) is 0 Å². The second kappa shape index (κ2) is 6.45. The van der Waals surface area contributed by atoms with Crippen LogP contribution in [0.25, 0.3) is 0 Å². The third-order valence-corrected chi connectivity index (χ3v) is 2.89. The van der Waals surface area contributed by atoms with Gasteiger partial charge in [-0.25, -0.2) is 4.79 Å². The van der Waals surface area contributed by atoms with E-state index in [-0.39, 0.29) is 5.97 Å². The van der Waals surface area contributed by atoms with Crippen LogP contribution < -0.4 is 0 Å². The van der Waals surface area contributed by atoms with E-state index >= 15 is 0 Å². The maximum absolute atomic E-state index is 11.5. The number of hydrogen-bond donors (Lipinski definition) is 0. The first-order chi connectivity index (χ1) is 8.08. The summed E-state index contributed by atoms with van der Waals surface area (Å²) in [6.07, 6.45) is 1.91. The third-order valence-electron chi connectivity index (χ3n) is 2.40. The van der Waals surface area contributed by atoms with Crippen molar-refractivity contribution < 1.29 is 14.3 Å². The number of hydrogen-bond acceptors (Lipinski definition) is 3. The van der Waals surface area contributed by atoms with E-state index in [2.05, 4.69) is 15.9 Å². The molecule has 0 radical (unpaired) electrons. The summed E-state index contributed by atoms with van der Waals surface area (Å²) in [4.78, 5) is 11.5. The largest absolute Gasteiger partial charge is 0.504 e. The number of methoxy groups -OCH3 is 2. The van der Waals surface area contributed by atoms with Crippen molar-refractivity contribution in [3.05, 3.63) is 45.6 Å². The Labute approximate surface area is 110 Å². The molecule has 92 valence electrons. The first-order valence-corrected chi connectivity index (χ1v) is 5.93. The summed E-state index contributed by atoms with van der Waals surface area (Å²) in [5.74, 6) is -0.369. The van der Waals surface area contributed by atoms with E-state index in [1.54, 1.807) is 0 Å². The quantitative estimate of drug-likeness (QED) is 0.487. The highest BCUT2D eigenvalue weighted by Crippen LogP contribution is 2.19. The second-order valence-corrected chi connectivity index (χ2v) is 4.53. The molecule has 1 aromatic carbocycles. The zero-order chi connectivity index (χ0) is 12.8. The van der Waals surface area contributed by atoms with E-state index < -0.39 is 0 Å². The van der Waals surface area contributed by atoms with Gasteiger partial charge in [-0.2, -0.15) is 0 Å². The lowest BCUT2D eigenvalue weighted by atomic mass is 10.0. The minimum Gasteiger partial charge on any atom is -0.504 e. The van der Waals surface area contributed by atoms with Crippen molar-refractivity contribution in [2.75, 3.05) is 14.2 Å². The Hall–Kier alpha value is -1.29. The van der Waals surface area contributed by atoms with Gasteiger partial charge in [0.05, 0.1) is 26.1 Å². The molecule has 0 aliphatic heterocycles. The van der Waals surface area contributed by atoms with Crippen molar-refractivity contribution in [3.8, 4) is 0 Å². The average Bonchev–Trinajstić information content (AvgIpc) is 2.32. The molecular formula is C13H15BrO3. The smallest absolute Gasteiger partial charge is 0.337 e. The van der Waals surface area contributed by atoms with E-state index in [9.17, 15) is 4.79 Å². The summed E-state index contributed by atoms with van der Waals surface area (Å²) in [5.41, 5.74) is 2.68. The molecule has 0 saturated carbocycles. The van der Waals surface area contributed by atoms with Gasteiger partial charge >= 0.3 is 5.97 Å². The predicted octanol–water partition coefficient (Wildman–Crippen LogP) is 3.00. The van der Waals surface area contributed by atoms with Gasteiger partial charge < -0.3 is 9.47 Å². The number of carbonyl (C=O) groups is 1. The summed E-state index contributed by atoms with van der Waals surface area (Å²) < 4.78 is 10.6. The maximum atomic E-state index is 11.5. The van der Waals surface area contributed by atoms with Crippen molar-refractivity contribution >= 4 is 21.9 Å². The fraction of sp³-hybridized carbons (Fsp3) is 0.308. The van der Waals surface area contributed by atoms with Crippen LogP contribution in [0.15, 0.2) is 34.5 Å². The van der Waals surface area contributed by atoms with Crippen LogP contribution in [0.5, 0.6) is 0 Å². The number of halogens is 1. The molecule has 0 aliphatic carbocycles.